The third-order valence-electron chi connectivity index (χ3n) is 5.29. The minimum atomic E-state index is 0.118. The molecule has 2 aliphatic rings. The maximum absolute atomic E-state index is 12.5. The number of carbonyl (C=O) groups is 1. The first kappa shape index (κ1) is 19.1. The lowest BCUT2D eigenvalue weighted by molar-refractivity contribution is -0.126. The van der Waals surface area contributed by atoms with Crippen molar-refractivity contribution in [2.75, 3.05) is 25.4 Å². The Kier molecular flexibility index (Phi) is 7.50. The Balaban J connectivity index is 1.39. The molecule has 0 bridgehead atoms. The quantitative estimate of drug-likeness (QED) is 0.714. The summed E-state index contributed by atoms with van der Waals surface area (Å²) >= 11 is 8.31. The van der Waals surface area contributed by atoms with Crippen molar-refractivity contribution in [3.8, 4) is 0 Å². The number of carbonyl (C=O) groups excluding carboxylic acids is 1. The zero-order valence-corrected chi connectivity index (χ0v) is 16.5. The number of hydrogen-bond donors (Lipinski definition) is 1. The van der Waals surface area contributed by atoms with Gasteiger partial charge in [-0.1, -0.05) is 42.6 Å². The highest BCUT2D eigenvalue weighted by Crippen LogP contribution is 2.29. The fraction of sp³-hybridized carbons (Fsp3) is 0.650. The predicted octanol–water partition coefficient (Wildman–Crippen LogP) is 4.34. The van der Waals surface area contributed by atoms with E-state index in [2.05, 4.69) is 16.3 Å². The molecule has 1 heterocycles. The minimum absolute atomic E-state index is 0.118. The summed E-state index contributed by atoms with van der Waals surface area (Å²) in [5, 5.41) is 4.81. The number of likely N-dealkylation sites (tertiary alicyclic amines) is 1. The summed E-state index contributed by atoms with van der Waals surface area (Å²) in [5.74, 6) is 1.40. The van der Waals surface area contributed by atoms with E-state index in [-0.39, 0.29) is 11.8 Å². The SMILES string of the molecule is O=C(NCCSC1CCCC1)[C@H]1CCCN(Cc2ccccc2Cl)C1. The van der Waals surface area contributed by atoms with Crippen molar-refractivity contribution in [3.05, 3.63) is 34.9 Å². The Labute approximate surface area is 160 Å². The highest BCUT2D eigenvalue weighted by Gasteiger charge is 2.26. The summed E-state index contributed by atoms with van der Waals surface area (Å²) in [5.41, 5.74) is 1.15. The molecule has 0 radical (unpaired) electrons. The molecule has 1 aromatic carbocycles. The molecule has 0 unspecified atom stereocenters. The van der Waals surface area contributed by atoms with Crippen molar-refractivity contribution in [2.24, 2.45) is 5.92 Å². The molecular weight excluding hydrogens is 352 g/mol. The Morgan fingerprint density at radius 3 is 2.80 bits per heavy atom. The number of nitrogens with zero attached hydrogens (tertiary/aromatic N) is 1. The summed E-state index contributed by atoms with van der Waals surface area (Å²) in [6, 6.07) is 8.00. The molecule has 1 aromatic rings. The van der Waals surface area contributed by atoms with Gasteiger partial charge in [-0.2, -0.15) is 11.8 Å². The van der Waals surface area contributed by atoms with Gasteiger partial charge >= 0.3 is 0 Å². The van der Waals surface area contributed by atoms with Crippen LogP contribution >= 0.6 is 23.4 Å². The van der Waals surface area contributed by atoms with E-state index in [9.17, 15) is 4.79 Å². The molecule has 5 heteroatoms. The maximum atomic E-state index is 12.5. The minimum Gasteiger partial charge on any atom is -0.355 e. The van der Waals surface area contributed by atoms with Crippen LogP contribution in [-0.4, -0.2) is 41.4 Å². The van der Waals surface area contributed by atoms with Gasteiger partial charge in [0.1, 0.15) is 0 Å². The van der Waals surface area contributed by atoms with Crippen molar-refractivity contribution in [1.29, 1.82) is 0 Å². The normalized spacial score (nSPS) is 22.2. The van der Waals surface area contributed by atoms with Gasteiger partial charge in [-0.15, -0.1) is 0 Å². The number of halogens is 1. The van der Waals surface area contributed by atoms with Gasteiger partial charge < -0.3 is 5.32 Å². The van der Waals surface area contributed by atoms with E-state index >= 15 is 0 Å². The predicted molar refractivity (Wildman–Crippen MR) is 107 cm³/mol. The number of nitrogens with one attached hydrogen (secondary N) is 1. The number of hydrogen-bond acceptors (Lipinski definition) is 3. The topological polar surface area (TPSA) is 32.3 Å². The molecule has 0 aromatic heterocycles. The molecule has 1 amide bonds. The average Bonchev–Trinajstić information content (AvgIpc) is 3.14. The van der Waals surface area contributed by atoms with E-state index in [1.807, 2.05) is 30.0 Å². The standard InChI is InChI=1S/C20H29ClN2OS/c21-19-10-4-1-6-16(19)14-23-12-5-7-17(15-23)20(24)22-11-13-25-18-8-2-3-9-18/h1,4,6,10,17-18H,2-3,5,7-9,11-15H2,(H,22,24)/t17-/m0/s1. The number of benzene rings is 1. The second-order valence-electron chi connectivity index (χ2n) is 7.23. The molecule has 3 rings (SSSR count). The van der Waals surface area contributed by atoms with E-state index in [1.54, 1.807) is 0 Å². The monoisotopic (exact) mass is 380 g/mol. The van der Waals surface area contributed by atoms with Crippen LogP contribution in [0.4, 0.5) is 0 Å². The Hall–Kier alpha value is -0.710. The molecule has 1 aliphatic heterocycles. The highest BCUT2D eigenvalue weighted by atomic mass is 35.5. The Morgan fingerprint density at radius 2 is 2.00 bits per heavy atom. The fourth-order valence-corrected chi connectivity index (χ4v) is 5.30. The Morgan fingerprint density at radius 1 is 1.20 bits per heavy atom. The van der Waals surface area contributed by atoms with Crippen molar-refractivity contribution in [2.45, 2.75) is 50.3 Å². The van der Waals surface area contributed by atoms with Crippen LogP contribution in [0.5, 0.6) is 0 Å². The van der Waals surface area contributed by atoms with Crippen molar-refractivity contribution < 1.29 is 4.79 Å². The third kappa shape index (κ3) is 5.90. The van der Waals surface area contributed by atoms with Gasteiger partial charge in [-0.25, -0.2) is 0 Å². The van der Waals surface area contributed by atoms with Gasteiger partial charge in [0, 0.05) is 35.7 Å². The van der Waals surface area contributed by atoms with Crippen LogP contribution in [-0.2, 0) is 11.3 Å². The average molecular weight is 381 g/mol. The largest absolute Gasteiger partial charge is 0.355 e. The van der Waals surface area contributed by atoms with Gasteiger partial charge in [-0.05, 0) is 43.9 Å². The third-order valence-corrected chi connectivity index (χ3v) is 7.04. The number of amides is 1. The summed E-state index contributed by atoms with van der Waals surface area (Å²) < 4.78 is 0. The van der Waals surface area contributed by atoms with Crippen LogP contribution in [0, 0.1) is 5.92 Å². The lowest BCUT2D eigenvalue weighted by Gasteiger charge is -2.32. The van der Waals surface area contributed by atoms with E-state index in [1.165, 1.54) is 25.7 Å². The van der Waals surface area contributed by atoms with Crippen LogP contribution < -0.4 is 5.32 Å². The molecular formula is C20H29ClN2OS. The lowest BCUT2D eigenvalue weighted by atomic mass is 9.96. The molecule has 138 valence electrons. The number of rotatable bonds is 7. The molecule has 1 atom stereocenters. The van der Waals surface area contributed by atoms with Gasteiger partial charge in [-0.3, -0.25) is 9.69 Å². The van der Waals surface area contributed by atoms with Crippen molar-refractivity contribution >= 4 is 29.3 Å². The number of piperidine rings is 1. The lowest BCUT2D eigenvalue weighted by Crippen LogP contribution is -2.43. The molecule has 2 fully saturated rings. The van der Waals surface area contributed by atoms with Gasteiger partial charge in [0.05, 0.1) is 5.92 Å². The van der Waals surface area contributed by atoms with Crippen molar-refractivity contribution in [1.82, 2.24) is 10.2 Å². The summed E-state index contributed by atoms with van der Waals surface area (Å²) in [6.45, 7) is 3.53. The van der Waals surface area contributed by atoms with Gasteiger partial charge in [0.2, 0.25) is 5.91 Å². The van der Waals surface area contributed by atoms with E-state index in [0.717, 1.165) is 60.6 Å². The van der Waals surface area contributed by atoms with Gasteiger partial charge in [0.15, 0.2) is 0 Å². The summed E-state index contributed by atoms with van der Waals surface area (Å²) in [4.78, 5) is 14.8. The van der Waals surface area contributed by atoms with Gasteiger partial charge in [0.25, 0.3) is 0 Å². The van der Waals surface area contributed by atoms with Crippen LogP contribution in [0.3, 0.4) is 0 Å². The van der Waals surface area contributed by atoms with E-state index in [4.69, 9.17) is 11.6 Å². The zero-order chi connectivity index (χ0) is 17.5. The van der Waals surface area contributed by atoms with E-state index in [0.29, 0.717) is 0 Å². The molecule has 3 nitrogen and oxygen atoms in total. The van der Waals surface area contributed by atoms with Crippen LogP contribution in [0.1, 0.15) is 44.1 Å². The summed E-state index contributed by atoms with van der Waals surface area (Å²) in [6.07, 6.45) is 7.57. The first-order valence-electron chi connectivity index (χ1n) is 9.57. The second-order valence-corrected chi connectivity index (χ2v) is 9.05. The van der Waals surface area contributed by atoms with Crippen molar-refractivity contribution in [3.63, 3.8) is 0 Å². The maximum Gasteiger partial charge on any atom is 0.224 e. The molecule has 1 N–H and O–H groups in total. The molecule has 1 aliphatic carbocycles. The molecule has 0 spiro atoms. The summed E-state index contributed by atoms with van der Waals surface area (Å²) in [7, 11) is 0. The highest BCUT2D eigenvalue weighted by molar-refractivity contribution is 7.99. The number of thioether (sulfide) groups is 1. The van der Waals surface area contributed by atoms with Crippen LogP contribution in [0.2, 0.25) is 5.02 Å². The van der Waals surface area contributed by atoms with E-state index < -0.39 is 0 Å². The zero-order valence-electron chi connectivity index (χ0n) is 14.9. The smallest absolute Gasteiger partial charge is 0.224 e. The second kappa shape index (κ2) is 9.84. The van der Waals surface area contributed by atoms with Crippen LogP contribution in [0.25, 0.3) is 0 Å². The molecule has 1 saturated heterocycles. The first-order valence-corrected chi connectivity index (χ1v) is 11.0. The molecule has 25 heavy (non-hydrogen) atoms. The van der Waals surface area contributed by atoms with Crippen LogP contribution in [0.15, 0.2) is 24.3 Å². The fourth-order valence-electron chi connectivity index (χ4n) is 3.88. The Bertz CT molecular complexity index is 562. The first-order chi connectivity index (χ1) is 12.2. The molecule has 1 saturated carbocycles.